The Morgan fingerprint density at radius 1 is 1.14 bits per heavy atom. The first-order valence-electron chi connectivity index (χ1n) is 12.0. The van der Waals surface area contributed by atoms with Crippen molar-refractivity contribution < 1.29 is 36.9 Å². The van der Waals surface area contributed by atoms with Gasteiger partial charge in [0.1, 0.15) is 0 Å². The highest BCUT2D eigenvalue weighted by Crippen LogP contribution is 2.52. The molecule has 1 saturated heterocycles. The lowest BCUT2D eigenvalue weighted by molar-refractivity contribution is -0.165. The number of aliphatic hydroxyl groups is 2. The van der Waals surface area contributed by atoms with Gasteiger partial charge < -0.3 is 20.3 Å². The Hall–Kier alpha value is -2.15. The molecule has 200 valence electrons. The molecule has 3 N–H and O–H groups in total. The summed E-state index contributed by atoms with van der Waals surface area (Å²) in [6.45, 7) is 1.05. The average molecular weight is 557 g/mol. The van der Waals surface area contributed by atoms with Crippen LogP contribution in [0.3, 0.4) is 0 Å². The zero-order valence-electron chi connectivity index (χ0n) is 19.7. The summed E-state index contributed by atoms with van der Waals surface area (Å²) in [4.78, 5) is 14.2. The second-order valence-corrected chi connectivity index (χ2v) is 12.6. The second-order valence-electron chi connectivity index (χ2n) is 10.00. The molecule has 1 amide bonds. The number of rotatable bonds is 6. The fourth-order valence-corrected chi connectivity index (χ4v) is 8.32. The maximum absolute atomic E-state index is 13.7. The molecule has 5 rings (SSSR count). The molecule has 2 aliphatic carbocycles. The molecule has 2 saturated carbocycles. The van der Waals surface area contributed by atoms with Crippen LogP contribution in [0.25, 0.3) is 0 Å². The van der Waals surface area contributed by atoms with Gasteiger partial charge in [-0.05, 0) is 67.9 Å². The predicted molar refractivity (Wildman–Crippen MR) is 131 cm³/mol. The summed E-state index contributed by atoms with van der Waals surface area (Å²) in [5.41, 5.74) is -1.12. The van der Waals surface area contributed by atoms with Gasteiger partial charge in [-0.3, -0.25) is 9.69 Å². The number of nitrogens with zero attached hydrogens (tertiary/aromatic N) is 1. The van der Waals surface area contributed by atoms with E-state index >= 15 is 0 Å². The molecular weight excluding hydrogens is 530 g/mol. The molecule has 2 bridgehead atoms. The van der Waals surface area contributed by atoms with Gasteiger partial charge >= 0.3 is 0 Å². The SMILES string of the molecule is O=C(Nc1ccc(F)c(F)c1)c1ccc(Cl)c(S(=O)(=O)[C@H]2CC3CCC(C2)[C@]3(O)CN2CCOC2O)c1. The number of benzene rings is 2. The van der Waals surface area contributed by atoms with Crippen LogP contribution in [-0.2, 0) is 14.6 Å². The lowest BCUT2D eigenvalue weighted by atomic mass is 9.74. The van der Waals surface area contributed by atoms with Crippen LogP contribution in [0.2, 0.25) is 5.02 Å². The molecule has 3 fully saturated rings. The van der Waals surface area contributed by atoms with Gasteiger partial charge in [0.05, 0.1) is 27.4 Å². The molecular formula is C25H27ClF2N2O6S. The molecule has 1 heterocycles. The van der Waals surface area contributed by atoms with Gasteiger partial charge in [-0.1, -0.05) is 11.6 Å². The monoisotopic (exact) mass is 556 g/mol. The van der Waals surface area contributed by atoms with Crippen molar-refractivity contribution in [3.8, 4) is 0 Å². The van der Waals surface area contributed by atoms with Crippen LogP contribution in [-0.4, -0.2) is 66.4 Å². The number of amides is 1. The summed E-state index contributed by atoms with van der Waals surface area (Å²) in [6, 6.07) is 6.75. The van der Waals surface area contributed by atoms with E-state index in [4.69, 9.17) is 16.3 Å². The van der Waals surface area contributed by atoms with Crippen molar-refractivity contribution in [3.63, 3.8) is 0 Å². The first-order chi connectivity index (χ1) is 17.5. The van der Waals surface area contributed by atoms with E-state index in [0.29, 0.717) is 26.0 Å². The van der Waals surface area contributed by atoms with E-state index in [-0.39, 0.29) is 52.4 Å². The summed E-state index contributed by atoms with van der Waals surface area (Å²) in [6.07, 6.45) is 0.706. The van der Waals surface area contributed by atoms with Crippen LogP contribution in [0, 0.1) is 23.5 Å². The Balaban J connectivity index is 1.35. The first-order valence-corrected chi connectivity index (χ1v) is 14.0. The van der Waals surface area contributed by atoms with Gasteiger partial charge in [-0.15, -0.1) is 0 Å². The normalized spacial score (nSPS) is 30.0. The molecule has 2 aromatic rings. The van der Waals surface area contributed by atoms with E-state index in [1.165, 1.54) is 24.3 Å². The summed E-state index contributed by atoms with van der Waals surface area (Å²) < 4.78 is 59.2. The van der Waals surface area contributed by atoms with E-state index in [9.17, 15) is 32.2 Å². The highest BCUT2D eigenvalue weighted by Gasteiger charge is 2.56. The number of carbonyl (C=O) groups is 1. The van der Waals surface area contributed by atoms with Crippen LogP contribution in [0.15, 0.2) is 41.3 Å². The molecule has 2 aromatic carbocycles. The Bertz CT molecular complexity index is 1310. The van der Waals surface area contributed by atoms with E-state index < -0.39 is 44.6 Å². The molecule has 0 radical (unpaired) electrons. The predicted octanol–water partition coefficient (Wildman–Crippen LogP) is 3.17. The van der Waals surface area contributed by atoms with Crippen LogP contribution < -0.4 is 5.32 Å². The van der Waals surface area contributed by atoms with Crippen molar-refractivity contribution in [2.45, 2.75) is 47.8 Å². The van der Waals surface area contributed by atoms with Crippen molar-refractivity contribution in [3.05, 3.63) is 58.6 Å². The number of β-amino-alcohol motifs (C(OH)–C–C–N with tert-alkyl or cyclic N) is 1. The number of carbonyl (C=O) groups excluding carboxylic acids is 1. The maximum Gasteiger partial charge on any atom is 0.255 e. The molecule has 3 atom stereocenters. The molecule has 3 unspecified atom stereocenters. The topological polar surface area (TPSA) is 116 Å². The highest BCUT2D eigenvalue weighted by atomic mass is 35.5. The van der Waals surface area contributed by atoms with Gasteiger partial charge in [0.15, 0.2) is 21.5 Å². The zero-order valence-corrected chi connectivity index (χ0v) is 21.3. The third kappa shape index (κ3) is 4.88. The number of halogens is 3. The van der Waals surface area contributed by atoms with Crippen molar-refractivity contribution in [2.24, 2.45) is 11.8 Å². The average Bonchev–Trinajstić information content (AvgIpc) is 3.27. The second kappa shape index (κ2) is 9.87. The van der Waals surface area contributed by atoms with E-state index in [1.54, 1.807) is 4.90 Å². The summed E-state index contributed by atoms with van der Waals surface area (Å²) in [7, 11) is -3.97. The third-order valence-electron chi connectivity index (χ3n) is 7.90. The molecule has 37 heavy (non-hydrogen) atoms. The molecule has 3 aliphatic rings. The van der Waals surface area contributed by atoms with Crippen LogP contribution >= 0.6 is 11.6 Å². The Morgan fingerprint density at radius 2 is 1.84 bits per heavy atom. The lowest BCUT2D eigenvalue weighted by Gasteiger charge is -2.44. The summed E-state index contributed by atoms with van der Waals surface area (Å²) >= 11 is 6.28. The van der Waals surface area contributed by atoms with Crippen LogP contribution in [0.5, 0.6) is 0 Å². The number of aliphatic hydroxyl groups excluding tert-OH is 1. The standard InChI is InChI=1S/C25H27ClF2N2O6S/c26-19-5-1-14(23(31)29-17-4-6-20(27)21(28)12-17)9-22(19)37(34,35)18-10-15-2-3-16(11-18)25(15,33)13-30-7-8-36-24(30)32/h1,4-6,9,12,15-16,18,24,32-33H,2-3,7-8,10-11,13H2,(H,29,31)/t15?,16?,18-,24?,25-. The molecule has 0 aromatic heterocycles. The third-order valence-corrected chi connectivity index (χ3v) is 10.6. The molecule has 12 heteroatoms. The number of ether oxygens (including phenoxy) is 1. The fraction of sp³-hybridized carbons (Fsp3) is 0.480. The highest BCUT2D eigenvalue weighted by molar-refractivity contribution is 7.92. The van der Waals surface area contributed by atoms with E-state index in [0.717, 1.165) is 12.1 Å². The van der Waals surface area contributed by atoms with Crippen molar-refractivity contribution in [1.82, 2.24) is 4.90 Å². The smallest absolute Gasteiger partial charge is 0.255 e. The Morgan fingerprint density at radius 3 is 2.46 bits per heavy atom. The molecule has 0 spiro atoms. The zero-order chi connectivity index (χ0) is 26.5. The number of hydrogen-bond acceptors (Lipinski definition) is 7. The quantitative estimate of drug-likeness (QED) is 0.500. The number of nitrogens with one attached hydrogen (secondary N) is 1. The van der Waals surface area contributed by atoms with Gasteiger partial charge in [0.2, 0.25) is 6.41 Å². The van der Waals surface area contributed by atoms with Gasteiger partial charge in [0.25, 0.3) is 5.91 Å². The van der Waals surface area contributed by atoms with Crippen molar-refractivity contribution in [2.75, 3.05) is 25.0 Å². The van der Waals surface area contributed by atoms with E-state index in [2.05, 4.69) is 5.32 Å². The van der Waals surface area contributed by atoms with E-state index in [1.807, 2.05) is 0 Å². The Kier molecular flexibility index (Phi) is 7.05. The fourth-order valence-electron chi connectivity index (χ4n) is 5.91. The Labute approximate surface area is 218 Å². The number of anilines is 1. The number of sulfone groups is 1. The minimum atomic E-state index is -3.97. The van der Waals surface area contributed by atoms with Crippen LogP contribution in [0.4, 0.5) is 14.5 Å². The lowest BCUT2D eigenvalue weighted by Crippen LogP contribution is -2.55. The number of fused-ring (bicyclic) bond motifs is 2. The summed E-state index contributed by atoms with van der Waals surface area (Å²) in [5.74, 6) is -3.45. The summed E-state index contributed by atoms with van der Waals surface area (Å²) in [5, 5.41) is 23.1. The first kappa shape index (κ1) is 26.5. The van der Waals surface area contributed by atoms with Crippen molar-refractivity contribution >= 4 is 33.0 Å². The molecule has 8 nitrogen and oxygen atoms in total. The van der Waals surface area contributed by atoms with Gasteiger partial charge in [-0.25, -0.2) is 17.2 Å². The minimum Gasteiger partial charge on any atom is -0.388 e. The van der Waals surface area contributed by atoms with Gasteiger partial charge in [0, 0.05) is 30.4 Å². The maximum atomic E-state index is 13.7. The number of hydrogen-bond donors (Lipinski definition) is 3. The van der Waals surface area contributed by atoms with Crippen LogP contribution in [0.1, 0.15) is 36.0 Å². The van der Waals surface area contributed by atoms with Crippen molar-refractivity contribution in [1.29, 1.82) is 0 Å². The minimum absolute atomic E-state index is 0.00832. The molecule has 1 aliphatic heterocycles. The largest absolute Gasteiger partial charge is 0.388 e. The van der Waals surface area contributed by atoms with Gasteiger partial charge in [-0.2, -0.15) is 0 Å².